The minimum absolute atomic E-state index is 0.272. The summed E-state index contributed by atoms with van der Waals surface area (Å²) >= 11 is 0. The highest BCUT2D eigenvalue weighted by Crippen LogP contribution is 2.30. The first-order valence-electron chi connectivity index (χ1n) is 4.50. The topological polar surface area (TPSA) is 43.6 Å². The highest BCUT2D eigenvalue weighted by Gasteiger charge is 2.27. The van der Waals surface area contributed by atoms with Crippen molar-refractivity contribution in [3.63, 3.8) is 0 Å². The number of hydrogen-bond acceptors (Lipinski definition) is 3. The summed E-state index contributed by atoms with van der Waals surface area (Å²) in [5.74, 6) is 0.799. The van der Waals surface area contributed by atoms with Gasteiger partial charge in [0.05, 0.1) is 5.41 Å². The predicted molar refractivity (Wildman–Crippen MR) is 66.4 cm³/mol. The van der Waals surface area contributed by atoms with E-state index in [9.17, 15) is 0 Å². The molecule has 15 heavy (non-hydrogen) atoms. The van der Waals surface area contributed by atoms with Crippen molar-refractivity contribution in [2.24, 2.45) is 0 Å². The third kappa shape index (κ3) is 2.06. The van der Waals surface area contributed by atoms with E-state index >= 15 is 0 Å². The molecule has 0 saturated heterocycles. The zero-order chi connectivity index (χ0) is 10.9. The minimum atomic E-state index is -0.272. The summed E-state index contributed by atoms with van der Waals surface area (Å²) < 4.78 is 1.62. The van der Waals surface area contributed by atoms with Crippen molar-refractivity contribution >= 4 is 18.6 Å². The SMILES string of the molecule is CC1(c2nnnn2P)C=CC=CC(P)=C1. The number of aromatic nitrogens is 4. The van der Waals surface area contributed by atoms with Gasteiger partial charge in [0.1, 0.15) is 0 Å². The fourth-order valence-electron chi connectivity index (χ4n) is 1.55. The molecule has 0 aromatic carbocycles. The van der Waals surface area contributed by atoms with Crippen LogP contribution in [0.5, 0.6) is 0 Å². The molecular weight excluding hydrogens is 226 g/mol. The van der Waals surface area contributed by atoms with Crippen LogP contribution in [-0.4, -0.2) is 20.0 Å². The molecule has 0 N–H and O–H groups in total. The van der Waals surface area contributed by atoms with E-state index in [4.69, 9.17) is 0 Å². The lowest BCUT2D eigenvalue weighted by atomic mass is 9.89. The molecule has 0 bridgehead atoms. The van der Waals surface area contributed by atoms with Crippen LogP contribution >= 0.6 is 18.6 Å². The first kappa shape index (κ1) is 10.7. The van der Waals surface area contributed by atoms with Crippen LogP contribution in [0.4, 0.5) is 0 Å². The Morgan fingerprint density at radius 2 is 2.20 bits per heavy atom. The lowest BCUT2D eigenvalue weighted by Crippen LogP contribution is -2.20. The molecule has 0 amide bonds. The number of allylic oxidation sites excluding steroid dienone is 6. The van der Waals surface area contributed by atoms with Crippen molar-refractivity contribution in [3.8, 4) is 0 Å². The maximum absolute atomic E-state index is 4.04. The van der Waals surface area contributed by atoms with Crippen LogP contribution in [0.25, 0.3) is 0 Å². The van der Waals surface area contributed by atoms with Gasteiger partial charge in [-0.2, -0.15) is 0 Å². The molecule has 1 heterocycles. The van der Waals surface area contributed by atoms with Gasteiger partial charge in [0.15, 0.2) is 5.82 Å². The highest BCUT2D eigenvalue weighted by molar-refractivity contribution is 7.22. The van der Waals surface area contributed by atoms with Crippen LogP contribution in [-0.2, 0) is 5.41 Å². The molecule has 0 saturated carbocycles. The second-order valence-corrected chi connectivity index (χ2v) is 4.75. The summed E-state index contributed by atoms with van der Waals surface area (Å²) in [6.45, 7) is 2.08. The summed E-state index contributed by atoms with van der Waals surface area (Å²) in [5.41, 5.74) is -0.272. The Bertz CT molecular complexity index is 460. The van der Waals surface area contributed by atoms with Crippen LogP contribution in [0, 0.1) is 0 Å². The molecular formula is C9H12N4P2. The summed E-state index contributed by atoms with van der Waals surface area (Å²) in [6.07, 6.45) is 10.2. The monoisotopic (exact) mass is 238 g/mol. The van der Waals surface area contributed by atoms with E-state index in [1.165, 1.54) is 0 Å². The van der Waals surface area contributed by atoms with Crippen LogP contribution < -0.4 is 0 Å². The van der Waals surface area contributed by atoms with E-state index in [1.807, 2.05) is 18.2 Å². The number of hydrogen-bond donors (Lipinski definition) is 0. The lowest BCUT2D eigenvalue weighted by Gasteiger charge is -2.19. The van der Waals surface area contributed by atoms with E-state index in [0.717, 1.165) is 11.1 Å². The minimum Gasteiger partial charge on any atom is -0.214 e. The van der Waals surface area contributed by atoms with Gasteiger partial charge in [-0.1, -0.05) is 30.4 Å². The molecule has 6 heteroatoms. The van der Waals surface area contributed by atoms with Gasteiger partial charge in [-0.15, -0.1) is 14.3 Å². The van der Waals surface area contributed by atoms with Gasteiger partial charge in [-0.05, 0) is 32.1 Å². The first-order chi connectivity index (χ1) is 7.12. The third-order valence-corrected chi connectivity index (χ3v) is 2.99. The predicted octanol–water partition coefficient (Wildman–Crippen LogP) is 1.45. The van der Waals surface area contributed by atoms with E-state index < -0.39 is 0 Å². The molecule has 1 aromatic rings. The van der Waals surface area contributed by atoms with E-state index in [1.54, 1.807) is 4.45 Å². The molecule has 1 aliphatic rings. The fraction of sp³-hybridized carbons (Fsp3) is 0.222. The van der Waals surface area contributed by atoms with Crippen molar-refractivity contribution in [3.05, 3.63) is 41.5 Å². The Morgan fingerprint density at radius 1 is 1.40 bits per heavy atom. The van der Waals surface area contributed by atoms with Crippen molar-refractivity contribution in [1.82, 2.24) is 20.0 Å². The zero-order valence-corrected chi connectivity index (χ0v) is 10.6. The Kier molecular flexibility index (Phi) is 2.81. The standard InChI is InChI=1S/C9H12N4P2/c1-9(8-10-11-12-13(8)15)5-3-2-4-7(14)6-9/h2-6H,14-15H2,1H3. The Hall–Kier alpha value is -0.850. The Labute approximate surface area is 93.0 Å². The number of tetrazole rings is 1. The van der Waals surface area contributed by atoms with Gasteiger partial charge >= 0.3 is 0 Å². The van der Waals surface area contributed by atoms with Gasteiger partial charge in [0, 0.05) is 0 Å². The van der Waals surface area contributed by atoms with Crippen LogP contribution in [0.1, 0.15) is 12.7 Å². The summed E-state index contributed by atoms with van der Waals surface area (Å²) in [5, 5.41) is 12.6. The van der Waals surface area contributed by atoms with Crippen molar-refractivity contribution in [2.45, 2.75) is 12.3 Å². The van der Waals surface area contributed by atoms with E-state index in [-0.39, 0.29) is 5.41 Å². The van der Waals surface area contributed by atoms with E-state index in [0.29, 0.717) is 0 Å². The summed E-state index contributed by atoms with van der Waals surface area (Å²) in [4.78, 5) is 0. The molecule has 0 aliphatic heterocycles. The first-order valence-corrected chi connectivity index (χ1v) is 5.59. The molecule has 1 aromatic heterocycles. The molecule has 3 atom stereocenters. The molecule has 0 spiro atoms. The van der Waals surface area contributed by atoms with Crippen LogP contribution in [0.3, 0.4) is 0 Å². The normalized spacial score (nSPS) is 25.1. The van der Waals surface area contributed by atoms with Crippen molar-refractivity contribution in [1.29, 1.82) is 0 Å². The molecule has 4 nitrogen and oxygen atoms in total. The molecule has 0 fully saturated rings. The third-order valence-electron chi connectivity index (χ3n) is 2.28. The smallest absolute Gasteiger partial charge is 0.167 e. The highest BCUT2D eigenvalue weighted by atomic mass is 31.0. The summed E-state index contributed by atoms with van der Waals surface area (Å²) in [7, 11) is 5.18. The van der Waals surface area contributed by atoms with Crippen LogP contribution in [0.2, 0.25) is 0 Å². The molecule has 1 aliphatic carbocycles. The number of rotatable bonds is 1. The lowest BCUT2D eigenvalue weighted by molar-refractivity contribution is 0.675. The largest absolute Gasteiger partial charge is 0.214 e. The second kappa shape index (κ2) is 3.96. The summed E-state index contributed by atoms with van der Waals surface area (Å²) in [6, 6.07) is 0. The van der Waals surface area contributed by atoms with Gasteiger partial charge < -0.3 is 0 Å². The molecule has 0 radical (unpaired) electrons. The van der Waals surface area contributed by atoms with Gasteiger partial charge in [0.2, 0.25) is 0 Å². The zero-order valence-electron chi connectivity index (χ0n) is 8.33. The molecule has 3 unspecified atom stereocenters. The van der Waals surface area contributed by atoms with Gasteiger partial charge in [-0.25, -0.2) is 4.45 Å². The van der Waals surface area contributed by atoms with Crippen molar-refractivity contribution in [2.75, 3.05) is 0 Å². The number of nitrogens with zero attached hydrogens (tertiary/aromatic N) is 4. The Balaban J connectivity index is 2.51. The van der Waals surface area contributed by atoms with Crippen LogP contribution in [0.15, 0.2) is 35.7 Å². The maximum atomic E-state index is 4.04. The van der Waals surface area contributed by atoms with Crippen molar-refractivity contribution < 1.29 is 0 Å². The second-order valence-electron chi connectivity index (χ2n) is 3.59. The maximum Gasteiger partial charge on any atom is 0.167 e. The molecule has 2 rings (SSSR count). The average Bonchev–Trinajstić information content (AvgIpc) is 2.52. The quantitative estimate of drug-likeness (QED) is 0.695. The Morgan fingerprint density at radius 3 is 2.87 bits per heavy atom. The van der Waals surface area contributed by atoms with Gasteiger partial charge in [0.25, 0.3) is 0 Å². The molecule has 78 valence electrons. The van der Waals surface area contributed by atoms with E-state index in [2.05, 4.69) is 53.2 Å². The average molecular weight is 238 g/mol. The fourth-order valence-corrected chi connectivity index (χ4v) is 2.39. The van der Waals surface area contributed by atoms with Gasteiger partial charge in [-0.3, -0.25) is 0 Å².